The van der Waals surface area contributed by atoms with E-state index in [1.165, 1.54) is 4.90 Å². The lowest BCUT2D eigenvalue weighted by Gasteiger charge is -2.29. The van der Waals surface area contributed by atoms with Crippen LogP contribution in [0.4, 0.5) is 4.79 Å². The molecule has 1 fully saturated rings. The lowest BCUT2D eigenvalue weighted by Crippen LogP contribution is -2.40. The fourth-order valence-electron chi connectivity index (χ4n) is 4.48. The van der Waals surface area contributed by atoms with Gasteiger partial charge < -0.3 is 19.7 Å². The number of benzene rings is 1. The van der Waals surface area contributed by atoms with E-state index in [1.807, 2.05) is 30.3 Å². The maximum atomic E-state index is 13.0. The summed E-state index contributed by atoms with van der Waals surface area (Å²) in [5, 5.41) is 2.86. The first kappa shape index (κ1) is 23.5. The lowest BCUT2D eigenvalue weighted by molar-refractivity contribution is -0.128. The fraction of sp³-hybridized carbons (Fsp3) is 0.440. The molecular formula is C25H30N4O5. The number of imide groups is 1. The molecule has 0 aliphatic carbocycles. The molecule has 180 valence electrons. The summed E-state index contributed by atoms with van der Waals surface area (Å²) in [6, 6.07) is 8.63. The number of carbonyl (C=O) groups excluding carboxylic acids is 3. The fourth-order valence-corrected chi connectivity index (χ4v) is 4.48. The van der Waals surface area contributed by atoms with Gasteiger partial charge in [-0.15, -0.1) is 0 Å². The third-order valence-electron chi connectivity index (χ3n) is 6.34. The first-order valence-corrected chi connectivity index (χ1v) is 11.5. The number of pyridine rings is 1. The van der Waals surface area contributed by atoms with E-state index in [9.17, 15) is 14.4 Å². The molecule has 9 heteroatoms. The van der Waals surface area contributed by atoms with Crippen LogP contribution in [0, 0.1) is 0 Å². The SMILES string of the molecule is COc1cc2c(cc1OC)CN1C(=O)N(CCCCCC(=O)NCc3ccccn3)C(=O)C1C2. The number of fused-ring (bicyclic) bond motifs is 2. The third kappa shape index (κ3) is 4.98. The molecule has 0 spiro atoms. The van der Waals surface area contributed by atoms with Gasteiger partial charge in [-0.1, -0.05) is 12.5 Å². The quantitative estimate of drug-likeness (QED) is 0.427. The van der Waals surface area contributed by atoms with Crippen molar-refractivity contribution in [3.8, 4) is 11.5 Å². The summed E-state index contributed by atoms with van der Waals surface area (Å²) >= 11 is 0. The van der Waals surface area contributed by atoms with Gasteiger partial charge in [0.2, 0.25) is 5.91 Å². The van der Waals surface area contributed by atoms with Gasteiger partial charge in [-0.3, -0.25) is 19.5 Å². The maximum absolute atomic E-state index is 13.0. The molecule has 1 unspecified atom stereocenters. The van der Waals surface area contributed by atoms with Gasteiger partial charge in [0.25, 0.3) is 5.91 Å². The van der Waals surface area contributed by atoms with Gasteiger partial charge >= 0.3 is 6.03 Å². The molecule has 9 nitrogen and oxygen atoms in total. The first-order chi connectivity index (χ1) is 16.5. The normalized spacial score (nSPS) is 16.8. The van der Waals surface area contributed by atoms with Crippen molar-refractivity contribution in [3.05, 3.63) is 53.3 Å². The molecule has 0 radical (unpaired) electrons. The molecule has 1 saturated heterocycles. The van der Waals surface area contributed by atoms with Gasteiger partial charge in [0, 0.05) is 32.1 Å². The average Bonchev–Trinajstić information content (AvgIpc) is 3.09. The van der Waals surface area contributed by atoms with Gasteiger partial charge in [-0.2, -0.15) is 0 Å². The van der Waals surface area contributed by atoms with Crippen LogP contribution in [-0.2, 0) is 29.1 Å². The zero-order valence-electron chi connectivity index (χ0n) is 19.6. The first-order valence-electron chi connectivity index (χ1n) is 11.5. The third-order valence-corrected chi connectivity index (χ3v) is 6.34. The van der Waals surface area contributed by atoms with Crippen molar-refractivity contribution in [3.63, 3.8) is 0 Å². The van der Waals surface area contributed by atoms with Gasteiger partial charge in [0.05, 0.1) is 26.5 Å². The van der Waals surface area contributed by atoms with E-state index in [0.717, 1.165) is 23.2 Å². The summed E-state index contributed by atoms with van der Waals surface area (Å²) in [7, 11) is 3.15. The number of nitrogens with zero attached hydrogens (tertiary/aromatic N) is 3. The summed E-state index contributed by atoms with van der Waals surface area (Å²) in [6.45, 7) is 1.15. The van der Waals surface area contributed by atoms with Crippen LogP contribution in [0.2, 0.25) is 0 Å². The highest BCUT2D eigenvalue weighted by Gasteiger charge is 2.47. The molecule has 1 N–H and O–H groups in total. The molecule has 1 aromatic carbocycles. The zero-order valence-corrected chi connectivity index (χ0v) is 19.6. The predicted octanol–water partition coefficient (Wildman–Crippen LogP) is 2.66. The smallest absolute Gasteiger partial charge is 0.327 e. The minimum atomic E-state index is -0.476. The van der Waals surface area contributed by atoms with Crippen LogP contribution < -0.4 is 14.8 Å². The number of hydrogen-bond acceptors (Lipinski definition) is 6. The molecule has 0 saturated carbocycles. The van der Waals surface area contributed by atoms with Crippen LogP contribution >= 0.6 is 0 Å². The average molecular weight is 467 g/mol. The summed E-state index contributed by atoms with van der Waals surface area (Å²) in [4.78, 5) is 45.1. The summed E-state index contributed by atoms with van der Waals surface area (Å²) in [5.74, 6) is 1.05. The Labute approximate surface area is 199 Å². The summed E-state index contributed by atoms with van der Waals surface area (Å²) in [6.07, 6.45) is 4.69. The van der Waals surface area contributed by atoms with Gasteiger partial charge in [0.15, 0.2) is 11.5 Å². The Balaban J connectivity index is 1.24. The number of carbonyl (C=O) groups is 3. The summed E-state index contributed by atoms with van der Waals surface area (Å²) < 4.78 is 10.8. The lowest BCUT2D eigenvalue weighted by atomic mass is 9.94. The molecule has 4 rings (SSSR count). The molecule has 34 heavy (non-hydrogen) atoms. The minimum Gasteiger partial charge on any atom is -0.493 e. The molecule has 2 aromatic rings. The molecule has 2 aliphatic heterocycles. The van der Waals surface area contributed by atoms with Gasteiger partial charge in [-0.05, 0) is 48.2 Å². The largest absolute Gasteiger partial charge is 0.493 e. The van der Waals surface area contributed by atoms with Crippen molar-refractivity contribution in [2.24, 2.45) is 0 Å². The highest BCUT2D eigenvalue weighted by atomic mass is 16.5. The molecule has 1 aromatic heterocycles. The van der Waals surface area contributed by atoms with Crippen molar-refractivity contribution in [2.45, 2.75) is 51.2 Å². The number of ether oxygens (including phenoxy) is 2. The Morgan fingerprint density at radius 2 is 1.85 bits per heavy atom. The van der Waals surface area contributed by atoms with Crippen LogP contribution in [0.5, 0.6) is 11.5 Å². The monoisotopic (exact) mass is 466 g/mol. The molecule has 2 aliphatic rings. The minimum absolute atomic E-state index is 0.0280. The summed E-state index contributed by atoms with van der Waals surface area (Å²) in [5.41, 5.74) is 2.78. The van der Waals surface area contributed by atoms with Gasteiger partial charge in [-0.25, -0.2) is 4.79 Å². The molecule has 3 heterocycles. The Morgan fingerprint density at radius 1 is 1.09 bits per heavy atom. The van der Waals surface area contributed by atoms with Crippen molar-refractivity contribution < 1.29 is 23.9 Å². The highest BCUT2D eigenvalue weighted by Crippen LogP contribution is 2.37. The number of methoxy groups -OCH3 is 2. The Hall–Kier alpha value is -3.62. The Bertz CT molecular complexity index is 1010. The van der Waals surface area contributed by atoms with Crippen LogP contribution in [0.15, 0.2) is 36.5 Å². The predicted molar refractivity (Wildman–Crippen MR) is 124 cm³/mol. The second-order valence-corrected chi connectivity index (χ2v) is 8.50. The van der Waals surface area contributed by atoms with Crippen molar-refractivity contribution >= 4 is 17.8 Å². The number of rotatable bonds is 10. The Kier molecular flexibility index (Phi) is 7.30. The maximum Gasteiger partial charge on any atom is 0.327 e. The van der Waals surface area contributed by atoms with Crippen molar-refractivity contribution in [1.29, 1.82) is 0 Å². The van der Waals surface area contributed by atoms with E-state index >= 15 is 0 Å². The van der Waals surface area contributed by atoms with E-state index in [-0.39, 0.29) is 17.8 Å². The van der Waals surface area contributed by atoms with E-state index in [1.54, 1.807) is 25.3 Å². The zero-order chi connectivity index (χ0) is 24.1. The van der Waals surface area contributed by atoms with Crippen molar-refractivity contribution in [1.82, 2.24) is 20.1 Å². The Morgan fingerprint density at radius 3 is 2.56 bits per heavy atom. The van der Waals surface area contributed by atoms with Crippen LogP contribution in [-0.4, -0.2) is 59.4 Å². The highest BCUT2D eigenvalue weighted by molar-refractivity contribution is 6.04. The second kappa shape index (κ2) is 10.5. The van der Waals surface area contributed by atoms with Crippen LogP contribution in [0.3, 0.4) is 0 Å². The van der Waals surface area contributed by atoms with E-state index < -0.39 is 6.04 Å². The van der Waals surface area contributed by atoms with Crippen LogP contribution in [0.25, 0.3) is 0 Å². The van der Waals surface area contributed by atoms with Gasteiger partial charge in [0.1, 0.15) is 6.04 Å². The number of urea groups is 1. The van der Waals surface area contributed by atoms with Crippen LogP contribution in [0.1, 0.15) is 42.5 Å². The molecule has 0 bridgehead atoms. The standard InChI is InChI=1S/C25H30N4O5/c1-33-21-13-17-12-20-24(31)28(25(32)29(20)16-18(17)14-22(21)34-2)11-7-3-4-9-23(30)27-15-19-8-5-6-10-26-19/h5-6,8,10,13-14,20H,3-4,7,9,11-12,15-16H2,1-2H3,(H,27,30). The van der Waals surface area contributed by atoms with E-state index in [2.05, 4.69) is 10.3 Å². The number of hydrogen-bond donors (Lipinski definition) is 1. The number of nitrogens with one attached hydrogen (secondary N) is 1. The van der Waals surface area contributed by atoms with E-state index in [0.29, 0.717) is 56.8 Å². The molecule has 1 atom stereocenters. The van der Waals surface area contributed by atoms with Crippen molar-refractivity contribution in [2.75, 3.05) is 20.8 Å². The van der Waals surface area contributed by atoms with E-state index in [4.69, 9.17) is 9.47 Å². The second-order valence-electron chi connectivity index (χ2n) is 8.50. The topological polar surface area (TPSA) is 101 Å². The number of aromatic nitrogens is 1. The number of unbranched alkanes of at least 4 members (excludes halogenated alkanes) is 2. The number of amides is 4. The molecular weight excluding hydrogens is 436 g/mol. The molecule has 4 amide bonds.